The predicted octanol–water partition coefficient (Wildman–Crippen LogP) is 4.49. The van der Waals surface area contributed by atoms with Crippen LogP contribution in [0.15, 0.2) is 30.5 Å². The molecule has 0 spiro atoms. The maximum absolute atomic E-state index is 12.7. The number of H-pyrrole nitrogens is 1. The van der Waals surface area contributed by atoms with E-state index in [1.165, 1.54) is 73.4 Å². The Balaban J connectivity index is 1.67. The second-order valence-electron chi connectivity index (χ2n) is 10.4. The molecule has 0 amide bonds. The fraction of sp³-hybridized carbons (Fsp3) is 0.483. The zero-order valence-corrected chi connectivity index (χ0v) is 20.1. The summed E-state index contributed by atoms with van der Waals surface area (Å²) in [6, 6.07) is 9.25. The lowest BCUT2D eigenvalue weighted by atomic mass is 9.72. The Kier molecular flexibility index (Phi) is 5.60. The molecule has 2 aliphatic carbocycles. The van der Waals surface area contributed by atoms with E-state index < -0.39 is 0 Å². The van der Waals surface area contributed by atoms with Crippen LogP contribution < -0.4 is 16.3 Å². The molecule has 3 N–H and O–H groups in total. The number of para-hydroxylation sites is 1. The van der Waals surface area contributed by atoms with E-state index in [-0.39, 0.29) is 5.97 Å². The molecule has 2 aromatic heterocycles. The van der Waals surface area contributed by atoms with Gasteiger partial charge in [-0.3, -0.25) is 0 Å². The third kappa shape index (κ3) is 3.36. The van der Waals surface area contributed by atoms with Crippen molar-refractivity contribution in [1.29, 1.82) is 0 Å². The van der Waals surface area contributed by atoms with Crippen molar-refractivity contribution in [2.45, 2.75) is 69.6 Å². The van der Waals surface area contributed by atoms with E-state index in [9.17, 15) is 4.79 Å². The van der Waals surface area contributed by atoms with Gasteiger partial charge in [0.1, 0.15) is 0 Å². The Morgan fingerprint density at radius 2 is 2.03 bits per heavy atom. The first-order valence-electron chi connectivity index (χ1n) is 13.1. The number of benzene rings is 1. The quantitative estimate of drug-likeness (QED) is 0.567. The van der Waals surface area contributed by atoms with Crippen molar-refractivity contribution in [3.8, 4) is 0 Å². The second kappa shape index (κ2) is 8.77. The molecule has 0 radical (unpaired) electrons. The summed E-state index contributed by atoms with van der Waals surface area (Å²) >= 11 is 0. The largest absolute Gasteiger partial charge is 0.465 e. The Hall–Kier alpha value is -2.79. The van der Waals surface area contributed by atoms with E-state index >= 15 is 0 Å². The number of nitrogens with one attached hydrogen (secondary N) is 1. The molecule has 6 rings (SSSR count). The number of carbonyl (C=O) groups is 1. The molecule has 34 heavy (non-hydrogen) atoms. The highest BCUT2D eigenvalue weighted by Gasteiger charge is 2.35. The van der Waals surface area contributed by atoms with E-state index in [1.54, 1.807) is 0 Å². The van der Waals surface area contributed by atoms with Gasteiger partial charge in [-0.1, -0.05) is 37.5 Å². The molecule has 5 nitrogen and oxygen atoms in total. The van der Waals surface area contributed by atoms with Gasteiger partial charge in [-0.2, -0.15) is 0 Å². The SMILES string of the molecule is COC(=O)c1c[nH]c2c1=Cn1c(cc3cccc(C4CCCCC4)c31)[C@H]1C=2CCCC1CCN. The monoisotopic (exact) mass is 457 g/mol. The van der Waals surface area contributed by atoms with Crippen LogP contribution in [0.3, 0.4) is 0 Å². The van der Waals surface area contributed by atoms with Gasteiger partial charge in [-0.15, -0.1) is 0 Å². The normalized spacial score (nSPS) is 22.5. The summed E-state index contributed by atoms with van der Waals surface area (Å²) in [5.41, 5.74) is 12.3. The molecule has 1 aromatic carbocycles. The first kappa shape index (κ1) is 21.7. The van der Waals surface area contributed by atoms with E-state index in [1.807, 2.05) is 6.20 Å². The number of nitrogens with two attached hydrogens (primary N) is 1. The highest BCUT2D eigenvalue weighted by atomic mass is 16.5. The summed E-state index contributed by atoms with van der Waals surface area (Å²) in [5.74, 6) is 1.14. The van der Waals surface area contributed by atoms with Gasteiger partial charge in [0, 0.05) is 40.0 Å². The number of methoxy groups -OCH3 is 1. The lowest BCUT2D eigenvalue weighted by molar-refractivity contribution is 0.0599. The Morgan fingerprint density at radius 1 is 1.18 bits per heavy atom. The van der Waals surface area contributed by atoms with Crippen LogP contribution in [0.2, 0.25) is 0 Å². The van der Waals surface area contributed by atoms with Crippen LogP contribution >= 0.6 is 0 Å². The fourth-order valence-electron chi connectivity index (χ4n) is 7.08. The van der Waals surface area contributed by atoms with Gasteiger partial charge in [0.05, 0.1) is 18.2 Å². The van der Waals surface area contributed by atoms with E-state index in [0.717, 1.165) is 29.8 Å². The number of nitrogens with zero attached hydrogens (tertiary/aromatic N) is 1. The van der Waals surface area contributed by atoms with Crippen molar-refractivity contribution in [2.24, 2.45) is 11.7 Å². The van der Waals surface area contributed by atoms with Gasteiger partial charge in [0.15, 0.2) is 0 Å². The molecule has 3 aliphatic rings. The van der Waals surface area contributed by atoms with Gasteiger partial charge >= 0.3 is 5.97 Å². The third-order valence-electron chi connectivity index (χ3n) is 8.59. The minimum atomic E-state index is -0.285. The van der Waals surface area contributed by atoms with Gasteiger partial charge in [0.2, 0.25) is 0 Å². The molecule has 3 aromatic rings. The standard InChI is InChI=1S/C29H35N3O2/c1-34-29(33)23-16-31-27-22-12-5-9-19(13-14-30)26(22)25-15-20-10-6-11-21(18-7-3-2-4-8-18)28(20)32(25)17-24(23)27/h6,10-11,15-19,26,31H,2-5,7-9,12-14,30H2,1H3/t19?,26-/m1/s1. The van der Waals surface area contributed by atoms with E-state index in [2.05, 4.69) is 40.0 Å². The number of hydrogen-bond donors (Lipinski definition) is 2. The summed E-state index contributed by atoms with van der Waals surface area (Å²) in [7, 11) is 1.46. The average molecular weight is 458 g/mol. The van der Waals surface area contributed by atoms with Crippen molar-refractivity contribution in [2.75, 3.05) is 13.7 Å². The van der Waals surface area contributed by atoms with Crippen molar-refractivity contribution >= 4 is 28.6 Å². The van der Waals surface area contributed by atoms with Gasteiger partial charge < -0.3 is 20.0 Å². The van der Waals surface area contributed by atoms with Crippen LogP contribution in [-0.4, -0.2) is 29.2 Å². The number of carbonyl (C=O) groups excluding carboxylic acids is 1. The predicted molar refractivity (Wildman–Crippen MR) is 136 cm³/mol. The zero-order chi connectivity index (χ0) is 23.2. The maximum Gasteiger partial charge on any atom is 0.340 e. The second-order valence-corrected chi connectivity index (χ2v) is 10.4. The average Bonchev–Trinajstić information content (AvgIpc) is 3.43. The summed E-state index contributed by atoms with van der Waals surface area (Å²) in [5, 5.41) is 3.39. The van der Waals surface area contributed by atoms with E-state index in [0.29, 0.717) is 29.9 Å². The number of fused-ring (bicyclic) bond motifs is 6. The first-order chi connectivity index (χ1) is 16.7. The van der Waals surface area contributed by atoms with Gasteiger partial charge in [-0.05, 0) is 74.1 Å². The Morgan fingerprint density at radius 3 is 2.82 bits per heavy atom. The molecule has 178 valence electrons. The number of rotatable bonds is 4. The highest BCUT2D eigenvalue weighted by molar-refractivity contribution is 5.92. The third-order valence-corrected chi connectivity index (χ3v) is 8.59. The van der Waals surface area contributed by atoms with Crippen molar-refractivity contribution < 1.29 is 9.53 Å². The van der Waals surface area contributed by atoms with Crippen LogP contribution in [0.4, 0.5) is 0 Å². The topological polar surface area (TPSA) is 73.0 Å². The molecular formula is C29H35N3O2. The number of aromatic amines is 1. The zero-order valence-electron chi connectivity index (χ0n) is 20.1. The Labute approximate surface area is 200 Å². The van der Waals surface area contributed by atoms with Crippen LogP contribution in [-0.2, 0) is 4.74 Å². The van der Waals surface area contributed by atoms with E-state index in [4.69, 9.17) is 10.5 Å². The van der Waals surface area contributed by atoms with Crippen LogP contribution in [0.25, 0.3) is 22.7 Å². The minimum Gasteiger partial charge on any atom is -0.465 e. The summed E-state index contributed by atoms with van der Waals surface area (Å²) < 4.78 is 7.59. The molecule has 2 fully saturated rings. The smallest absolute Gasteiger partial charge is 0.340 e. The molecule has 2 saturated carbocycles. The van der Waals surface area contributed by atoms with Crippen molar-refractivity contribution in [1.82, 2.24) is 9.55 Å². The molecule has 1 aliphatic heterocycles. The number of esters is 1. The summed E-state index contributed by atoms with van der Waals surface area (Å²) in [6.07, 6.45) is 15.0. The van der Waals surface area contributed by atoms with Crippen molar-refractivity contribution in [3.05, 3.63) is 57.9 Å². The molecule has 0 saturated heterocycles. The number of hydrogen-bond acceptors (Lipinski definition) is 3. The highest BCUT2D eigenvalue weighted by Crippen LogP contribution is 2.46. The molecule has 1 unspecified atom stereocenters. The molecule has 0 bridgehead atoms. The summed E-state index contributed by atoms with van der Waals surface area (Å²) in [6.45, 7) is 0.705. The fourth-order valence-corrected chi connectivity index (χ4v) is 7.08. The number of aromatic nitrogens is 2. The summed E-state index contributed by atoms with van der Waals surface area (Å²) in [4.78, 5) is 16.2. The molecule has 2 atom stereocenters. The molecule has 3 heterocycles. The van der Waals surface area contributed by atoms with Crippen LogP contribution in [0, 0.1) is 5.92 Å². The van der Waals surface area contributed by atoms with Crippen LogP contribution in [0.1, 0.15) is 91.2 Å². The first-order valence-corrected chi connectivity index (χ1v) is 13.1. The molecule has 5 heteroatoms. The van der Waals surface area contributed by atoms with Gasteiger partial charge in [-0.25, -0.2) is 4.79 Å². The van der Waals surface area contributed by atoms with Crippen molar-refractivity contribution in [3.63, 3.8) is 0 Å². The number of ether oxygens (including phenoxy) is 1. The van der Waals surface area contributed by atoms with Crippen LogP contribution in [0.5, 0.6) is 0 Å². The molecular weight excluding hydrogens is 422 g/mol. The lowest BCUT2D eigenvalue weighted by Crippen LogP contribution is -2.33. The van der Waals surface area contributed by atoms with Gasteiger partial charge in [0.25, 0.3) is 0 Å². The maximum atomic E-state index is 12.7. The minimum absolute atomic E-state index is 0.285. The lowest BCUT2D eigenvalue weighted by Gasteiger charge is -2.34. The Bertz CT molecular complexity index is 1350.